The Hall–Kier alpha value is -1.26. The van der Waals surface area contributed by atoms with Gasteiger partial charge in [0.1, 0.15) is 6.61 Å². The lowest BCUT2D eigenvalue weighted by molar-refractivity contribution is 0.174. The minimum Gasteiger partial charge on any atom is -0.447 e. The van der Waals surface area contributed by atoms with Gasteiger partial charge in [-0.1, -0.05) is 11.6 Å². The molecule has 0 spiro atoms. The Morgan fingerprint density at radius 3 is 2.73 bits per heavy atom. The smallest absolute Gasteiger partial charge is 0.414 e. The van der Waals surface area contributed by atoms with Crippen molar-refractivity contribution < 1.29 is 14.6 Å². The van der Waals surface area contributed by atoms with Crippen molar-refractivity contribution in [2.24, 2.45) is 0 Å². The van der Waals surface area contributed by atoms with Gasteiger partial charge in [-0.2, -0.15) is 0 Å². The van der Waals surface area contributed by atoms with Gasteiger partial charge < -0.3 is 9.84 Å². The third-order valence-corrected chi connectivity index (χ3v) is 2.53. The molecule has 0 aliphatic carbocycles. The highest BCUT2D eigenvalue weighted by molar-refractivity contribution is 6.30. The Kier molecular flexibility index (Phi) is 2.79. The maximum absolute atomic E-state index is 11.4. The fourth-order valence-corrected chi connectivity index (χ4v) is 1.64. The maximum atomic E-state index is 11.4. The summed E-state index contributed by atoms with van der Waals surface area (Å²) >= 11 is 5.74. The number of rotatable bonds is 2. The van der Waals surface area contributed by atoms with E-state index in [4.69, 9.17) is 21.4 Å². The highest BCUT2D eigenvalue weighted by Crippen LogP contribution is 2.24. The Morgan fingerprint density at radius 1 is 1.47 bits per heavy atom. The molecule has 15 heavy (non-hydrogen) atoms. The van der Waals surface area contributed by atoms with E-state index in [2.05, 4.69) is 0 Å². The van der Waals surface area contributed by atoms with Crippen molar-refractivity contribution >= 4 is 23.4 Å². The molecular formula is C10H10ClNO3. The second-order valence-electron chi connectivity index (χ2n) is 3.26. The number of ether oxygens (including phenoxy) is 1. The topological polar surface area (TPSA) is 49.8 Å². The molecule has 2 rings (SSSR count). The number of nitrogens with zero attached hydrogens (tertiary/aromatic N) is 1. The Morgan fingerprint density at radius 2 is 2.13 bits per heavy atom. The van der Waals surface area contributed by atoms with Crippen molar-refractivity contribution in [3.63, 3.8) is 0 Å². The molecule has 0 radical (unpaired) electrons. The number of benzene rings is 1. The Labute approximate surface area is 92.0 Å². The van der Waals surface area contributed by atoms with E-state index in [9.17, 15) is 4.79 Å². The zero-order valence-corrected chi connectivity index (χ0v) is 8.65. The van der Waals surface area contributed by atoms with Gasteiger partial charge in [0.05, 0.1) is 12.6 Å². The lowest BCUT2D eigenvalue weighted by Gasteiger charge is -2.19. The molecule has 1 amide bonds. The summed E-state index contributed by atoms with van der Waals surface area (Å²) in [4.78, 5) is 12.8. The molecule has 80 valence electrons. The molecule has 5 heteroatoms. The summed E-state index contributed by atoms with van der Waals surface area (Å²) in [6.45, 7) is 0.103. The van der Waals surface area contributed by atoms with Gasteiger partial charge in [-0.3, -0.25) is 4.90 Å². The van der Waals surface area contributed by atoms with E-state index in [1.807, 2.05) is 0 Å². The van der Waals surface area contributed by atoms with Gasteiger partial charge in [0.15, 0.2) is 0 Å². The van der Waals surface area contributed by atoms with Crippen LogP contribution in [0.15, 0.2) is 24.3 Å². The van der Waals surface area contributed by atoms with Gasteiger partial charge in [0.25, 0.3) is 0 Å². The second-order valence-corrected chi connectivity index (χ2v) is 3.70. The van der Waals surface area contributed by atoms with E-state index >= 15 is 0 Å². The number of carbonyl (C=O) groups excluding carboxylic acids is 1. The zero-order chi connectivity index (χ0) is 10.8. The summed E-state index contributed by atoms with van der Waals surface area (Å²) in [5.41, 5.74) is 0.681. The van der Waals surface area contributed by atoms with E-state index in [-0.39, 0.29) is 19.3 Å². The summed E-state index contributed by atoms with van der Waals surface area (Å²) in [5.74, 6) is 0. The largest absolute Gasteiger partial charge is 0.447 e. The van der Waals surface area contributed by atoms with Gasteiger partial charge in [0, 0.05) is 10.7 Å². The number of halogens is 1. The van der Waals surface area contributed by atoms with E-state index in [0.717, 1.165) is 0 Å². The zero-order valence-electron chi connectivity index (χ0n) is 7.89. The molecule has 1 fully saturated rings. The molecule has 1 aromatic rings. The van der Waals surface area contributed by atoms with Crippen molar-refractivity contribution in [2.75, 3.05) is 18.1 Å². The summed E-state index contributed by atoms with van der Waals surface area (Å²) in [6, 6.07) is 6.52. The Balaban J connectivity index is 2.28. The maximum Gasteiger partial charge on any atom is 0.414 e. The standard InChI is InChI=1S/C10H10ClNO3/c11-7-1-3-8(4-2-7)12-9(5-13)6-15-10(12)14/h1-4,9,13H,5-6H2. The first-order valence-electron chi connectivity index (χ1n) is 4.55. The van der Waals surface area contributed by atoms with Crippen LogP contribution in [0.4, 0.5) is 10.5 Å². The van der Waals surface area contributed by atoms with Crippen LogP contribution < -0.4 is 4.90 Å². The molecule has 4 nitrogen and oxygen atoms in total. The monoisotopic (exact) mass is 227 g/mol. The lowest BCUT2D eigenvalue weighted by atomic mass is 10.2. The first kappa shape index (κ1) is 10.3. The molecule has 1 heterocycles. The number of aliphatic hydroxyl groups is 1. The van der Waals surface area contributed by atoms with Gasteiger partial charge >= 0.3 is 6.09 Å². The second kappa shape index (κ2) is 4.08. The molecule has 1 aromatic carbocycles. The van der Waals surface area contributed by atoms with Gasteiger partial charge in [-0.25, -0.2) is 4.79 Å². The van der Waals surface area contributed by atoms with Crippen LogP contribution in [-0.4, -0.2) is 30.5 Å². The number of amides is 1. The number of aliphatic hydroxyl groups excluding tert-OH is 1. The van der Waals surface area contributed by atoms with E-state index in [0.29, 0.717) is 10.7 Å². The van der Waals surface area contributed by atoms with Crippen molar-refractivity contribution in [1.82, 2.24) is 0 Å². The number of cyclic esters (lactones) is 1. The summed E-state index contributed by atoms with van der Waals surface area (Å²) < 4.78 is 4.85. The van der Waals surface area contributed by atoms with E-state index in [1.54, 1.807) is 24.3 Å². The molecule has 1 atom stereocenters. The third kappa shape index (κ3) is 1.91. The summed E-state index contributed by atoms with van der Waals surface area (Å²) in [7, 11) is 0. The van der Waals surface area contributed by atoms with Crippen LogP contribution in [0, 0.1) is 0 Å². The van der Waals surface area contributed by atoms with Crippen molar-refractivity contribution in [3.05, 3.63) is 29.3 Å². The number of carbonyl (C=O) groups is 1. The average Bonchev–Trinajstić information content (AvgIpc) is 2.61. The molecule has 1 unspecified atom stereocenters. The van der Waals surface area contributed by atoms with Gasteiger partial charge in [0.2, 0.25) is 0 Å². The van der Waals surface area contributed by atoms with Crippen LogP contribution in [0.1, 0.15) is 0 Å². The molecule has 0 saturated carbocycles. The lowest BCUT2D eigenvalue weighted by Crippen LogP contribution is -2.35. The minimum absolute atomic E-state index is 0.117. The number of hydrogen-bond donors (Lipinski definition) is 1. The fraction of sp³-hybridized carbons (Fsp3) is 0.300. The first-order valence-corrected chi connectivity index (χ1v) is 4.92. The highest BCUT2D eigenvalue weighted by Gasteiger charge is 2.33. The normalized spacial score (nSPS) is 20.5. The molecular weight excluding hydrogens is 218 g/mol. The summed E-state index contributed by atoms with van der Waals surface area (Å²) in [5, 5.41) is 9.67. The molecule has 1 N–H and O–H groups in total. The molecule has 1 saturated heterocycles. The van der Waals surface area contributed by atoms with Crippen LogP contribution in [0.5, 0.6) is 0 Å². The van der Waals surface area contributed by atoms with Crippen LogP contribution in [0.25, 0.3) is 0 Å². The van der Waals surface area contributed by atoms with Crippen LogP contribution in [0.3, 0.4) is 0 Å². The quantitative estimate of drug-likeness (QED) is 0.836. The van der Waals surface area contributed by atoms with E-state index < -0.39 is 6.09 Å². The fourth-order valence-electron chi connectivity index (χ4n) is 1.51. The van der Waals surface area contributed by atoms with E-state index in [1.165, 1.54) is 4.90 Å². The average molecular weight is 228 g/mol. The number of anilines is 1. The Bertz CT molecular complexity index is 365. The number of hydrogen-bond acceptors (Lipinski definition) is 3. The third-order valence-electron chi connectivity index (χ3n) is 2.28. The predicted molar refractivity (Wildman–Crippen MR) is 56.2 cm³/mol. The SMILES string of the molecule is O=C1OCC(CO)N1c1ccc(Cl)cc1. The molecule has 1 aliphatic rings. The van der Waals surface area contributed by atoms with Gasteiger partial charge in [-0.15, -0.1) is 0 Å². The van der Waals surface area contributed by atoms with Gasteiger partial charge in [-0.05, 0) is 24.3 Å². The minimum atomic E-state index is -0.434. The van der Waals surface area contributed by atoms with Crippen molar-refractivity contribution in [2.45, 2.75) is 6.04 Å². The summed E-state index contributed by atoms with van der Waals surface area (Å²) in [6.07, 6.45) is -0.434. The highest BCUT2D eigenvalue weighted by atomic mass is 35.5. The first-order chi connectivity index (χ1) is 7.22. The van der Waals surface area contributed by atoms with Crippen LogP contribution in [0.2, 0.25) is 5.02 Å². The molecule has 1 aliphatic heterocycles. The van der Waals surface area contributed by atoms with Crippen LogP contribution in [-0.2, 0) is 4.74 Å². The molecule has 0 aromatic heterocycles. The van der Waals surface area contributed by atoms with Crippen LogP contribution >= 0.6 is 11.6 Å². The molecule has 0 bridgehead atoms. The van der Waals surface area contributed by atoms with Crippen molar-refractivity contribution in [1.29, 1.82) is 0 Å². The van der Waals surface area contributed by atoms with Crippen molar-refractivity contribution in [3.8, 4) is 0 Å². The predicted octanol–water partition coefficient (Wildman–Crippen LogP) is 1.66.